The Morgan fingerprint density at radius 3 is 3.05 bits per heavy atom. The molecule has 2 aliphatic carbocycles. The van der Waals surface area contributed by atoms with Crippen LogP contribution >= 0.6 is 11.6 Å². The number of rotatable bonds is 2. The van der Waals surface area contributed by atoms with Crippen LogP contribution < -0.4 is 5.43 Å². The number of allylic oxidation sites excluding steroid dienone is 2. The molecule has 0 radical (unpaired) electrons. The molecule has 98 valence electrons. The van der Waals surface area contributed by atoms with Gasteiger partial charge in [0.05, 0.1) is 5.56 Å². The number of benzene rings is 1. The number of carbonyl (C=O) groups excluding carboxylic acids is 1. The average molecular weight is 277 g/mol. The lowest BCUT2D eigenvalue weighted by molar-refractivity contribution is 0.0951. The number of hydrogen-bond acceptors (Lipinski definition) is 3. The Balaban J connectivity index is 1.67. The van der Waals surface area contributed by atoms with Gasteiger partial charge < -0.3 is 5.11 Å². The maximum atomic E-state index is 11.9. The monoisotopic (exact) mass is 276 g/mol. The maximum absolute atomic E-state index is 11.9. The van der Waals surface area contributed by atoms with Gasteiger partial charge in [-0.15, -0.1) is 0 Å². The zero-order valence-electron chi connectivity index (χ0n) is 10.1. The molecule has 2 N–H and O–H groups in total. The van der Waals surface area contributed by atoms with Gasteiger partial charge in [-0.05, 0) is 37.0 Å². The standard InChI is InChI=1S/C14H13ClN2O2/c15-9-4-5-11(13(18)7-9)14(19)17-16-12-6-8-2-1-3-10(8)12/h1-2,4-5,7-8,10,18H,3,6H2,(H,17,19)/b16-12-/t8-,10+/m1/s1. The Hall–Kier alpha value is -1.81. The Bertz CT molecular complexity index is 595. The summed E-state index contributed by atoms with van der Waals surface area (Å²) in [6, 6.07) is 4.38. The summed E-state index contributed by atoms with van der Waals surface area (Å²) < 4.78 is 0. The van der Waals surface area contributed by atoms with Crippen molar-refractivity contribution in [1.29, 1.82) is 0 Å². The number of amides is 1. The van der Waals surface area contributed by atoms with E-state index in [1.54, 1.807) is 6.07 Å². The lowest BCUT2D eigenvalue weighted by Gasteiger charge is -2.31. The van der Waals surface area contributed by atoms with Crippen LogP contribution in [0, 0.1) is 11.8 Å². The van der Waals surface area contributed by atoms with Crippen molar-refractivity contribution >= 4 is 23.2 Å². The van der Waals surface area contributed by atoms with Gasteiger partial charge in [0.1, 0.15) is 5.75 Å². The van der Waals surface area contributed by atoms with Gasteiger partial charge >= 0.3 is 0 Å². The molecular weight excluding hydrogens is 264 g/mol. The van der Waals surface area contributed by atoms with E-state index < -0.39 is 5.91 Å². The van der Waals surface area contributed by atoms with Crippen LogP contribution in [0.1, 0.15) is 23.2 Å². The molecule has 1 aromatic rings. The van der Waals surface area contributed by atoms with E-state index in [9.17, 15) is 9.90 Å². The Kier molecular flexibility index (Phi) is 3.03. The van der Waals surface area contributed by atoms with Crippen molar-refractivity contribution in [2.24, 2.45) is 16.9 Å². The summed E-state index contributed by atoms with van der Waals surface area (Å²) in [6.07, 6.45) is 6.28. The smallest absolute Gasteiger partial charge is 0.275 e. The first kappa shape index (κ1) is 12.2. The molecule has 0 bridgehead atoms. The van der Waals surface area contributed by atoms with E-state index in [2.05, 4.69) is 22.7 Å². The SMILES string of the molecule is O=C(N/N=C1/C[C@H]2C=CC[C@H]12)c1ccc(Cl)cc1O. The predicted molar refractivity (Wildman–Crippen MR) is 73.4 cm³/mol. The second-order valence-electron chi connectivity index (χ2n) is 4.84. The second kappa shape index (κ2) is 4.70. The van der Waals surface area contributed by atoms with E-state index >= 15 is 0 Å². The molecular formula is C14H13ClN2O2. The average Bonchev–Trinajstić information content (AvgIpc) is 2.71. The van der Waals surface area contributed by atoms with Crippen molar-refractivity contribution in [3.05, 3.63) is 40.9 Å². The van der Waals surface area contributed by atoms with E-state index in [1.807, 2.05) is 0 Å². The molecule has 0 unspecified atom stereocenters. The highest BCUT2D eigenvalue weighted by Crippen LogP contribution is 2.40. The highest BCUT2D eigenvalue weighted by atomic mass is 35.5. The summed E-state index contributed by atoms with van der Waals surface area (Å²) >= 11 is 5.72. The van der Waals surface area contributed by atoms with Crippen molar-refractivity contribution in [1.82, 2.24) is 5.43 Å². The maximum Gasteiger partial charge on any atom is 0.275 e. The molecule has 2 atom stereocenters. The molecule has 1 fully saturated rings. The Morgan fingerprint density at radius 1 is 1.47 bits per heavy atom. The summed E-state index contributed by atoms with van der Waals surface area (Å²) in [5, 5.41) is 14.2. The minimum absolute atomic E-state index is 0.140. The number of hydrogen-bond donors (Lipinski definition) is 2. The van der Waals surface area contributed by atoms with Crippen molar-refractivity contribution < 1.29 is 9.90 Å². The lowest BCUT2D eigenvalue weighted by atomic mass is 9.74. The van der Waals surface area contributed by atoms with Crippen LogP contribution in [-0.2, 0) is 0 Å². The number of phenols is 1. The number of carbonyl (C=O) groups is 1. The molecule has 0 aromatic heterocycles. The molecule has 0 aliphatic heterocycles. The molecule has 3 rings (SSSR count). The summed E-state index contributed by atoms with van der Waals surface area (Å²) in [6.45, 7) is 0. The van der Waals surface area contributed by atoms with Crippen molar-refractivity contribution in [2.75, 3.05) is 0 Å². The van der Waals surface area contributed by atoms with Gasteiger partial charge in [0.25, 0.3) is 5.91 Å². The van der Waals surface area contributed by atoms with E-state index in [0.29, 0.717) is 16.9 Å². The van der Waals surface area contributed by atoms with Crippen LogP contribution in [0.25, 0.3) is 0 Å². The molecule has 0 saturated heterocycles. The number of fused-ring (bicyclic) bond motifs is 1. The first-order valence-corrected chi connectivity index (χ1v) is 6.55. The third-order valence-electron chi connectivity index (χ3n) is 3.67. The van der Waals surface area contributed by atoms with E-state index in [-0.39, 0.29) is 11.3 Å². The molecule has 5 heteroatoms. The fourth-order valence-electron chi connectivity index (χ4n) is 2.54. The largest absolute Gasteiger partial charge is 0.507 e. The quantitative estimate of drug-likeness (QED) is 0.644. The second-order valence-corrected chi connectivity index (χ2v) is 5.28. The molecule has 0 heterocycles. The van der Waals surface area contributed by atoms with Gasteiger partial charge in [-0.3, -0.25) is 4.79 Å². The van der Waals surface area contributed by atoms with Crippen molar-refractivity contribution in [2.45, 2.75) is 12.8 Å². The van der Waals surface area contributed by atoms with Gasteiger partial charge in [0.15, 0.2) is 0 Å². The Morgan fingerprint density at radius 2 is 2.32 bits per heavy atom. The first-order valence-electron chi connectivity index (χ1n) is 6.17. The summed E-state index contributed by atoms with van der Waals surface area (Å²) in [5.41, 5.74) is 3.69. The van der Waals surface area contributed by atoms with Gasteiger partial charge in [0, 0.05) is 16.7 Å². The van der Waals surface area contributed by atoms with Crippen LogP contribution in [-0.4, -0.2) is 16.7 Å². The lowest BCUT2D eigenvalue weighted by Crippen LogP contribution is -2.35. The summed E-state index contributed by atoms with van der Waals surface area (Å²) in [7, 11) is 0. The fourth-order valence-corrected chi connectivity index (χ4v) is 2.71. The minimum atomic E-state index is -0.420. The van der Waals surface area contributed by atoms with Crippen LogP contribution in [0.3, 0.4) is 0 Å². The molecule has 4 nitrogen and oxygen atoms in total. The number of nitrogens with one attached hydrogen (secondary N) is 1. The highest BCUT2D eigenvalue weighted by Gasteiger charge is 2.38. The number of nitrogens with zero attached hydrogens (tertiary/aromatic N) is 1. The fraction of sp³-hybridized carbons (Fsp3) is 0.286. The third kappa shape index (κ3) is 2.24. The zero-order valence-corrected chi connectivity index (χ0v) is 10.9. The molecule has 1 amide bonds. The normalized spacial score (nSPS) is 26.1. The molecule has 0 spiro atoms. The molecule has 1 aromatic carbocycles. The van der Waals surface area contributed by atoms with Crippen molar-refractivity contribution in [3.63, 3.8) is 0 Å². The zero-order chi connectivity index (χ0) is 13.4. The Labute approximate surface area is 115 Å². The highest BCUT2D eigenvalue weighted by molar-refractivity contribution is 6.30. The van der Waals surface area contributed by atoms with Crippen molar-refractivity contribution in [3.8, 4) is 5.75 Å². The van der Waals surface area contributed by atoms with E-state index in [0.717, 1.165) is 18.6 Å². The third-order valence-corrected chi connectivity index (χ3v) is 3.90. The number of hydrazone groups is 1. The number of aromatic hydroxyl groups is 1. The van der Waals surface area contributed by atoms with Gasteiger partial charge in [-0.1, -0.05) is 23.8 Å². The predicted octanol–water partition coefficient (Wildman–Crippen LogP) is 2.73. The number of phenolic OH excluding ortho intramolecular Hbond substituents is 1. The molecule has 2 aliphatic rings. The van der Waals surface area contributed by atoms with Gasteiger partial charge in [-0.2, -0.15) is 5.10 Å². The number of halogens is 1. The van der Waals surface area contributed by atoms with Gasteiger partial charge in [0.2, 0.25) is 0 Å². The van der Waals surface area contributed by atoms with Crippen LogP contribution in [0.2, 0.25) is 5.02 Å². The summed E-state index contributed by atoms with van der Waals surface area (Å²) in [5.74, 6) is 0.494. The molecule has 1 saturated carbocycles. The van der Waals surface area contributed by atoms with Crippen LogP contribution in [0.4, 0.5) is 0 Å². The van der Waals surface area contributed by atoms with Gasteiger partial charge in [-0.25, -0.2) is 5.43 Å². The van der Waals surface area contributed by atoms with Crippen LogP contribution in [0.15, 0.2) is 35.5 Å². The molecule has 19 heavy (non-hydrogen) atoms. The summed E-state index contributed by atoms with van der Waals surface area (Å²) in [4.78, 5) is 11.9. The first-order chi connectivity index (χ1) is 9.15. The van der Waals surface area contributed by atoms with Crippen LogP contribution in [0.5, 0.6) is 5.75 Å². The van der Waals surface area contributed by atoms with E-state index in [1.165, 1.54) is 12.1 Å². The minimum Gasteiger partial charge on any atom is -0.507 e. The topological polar surface area (TPSA) is 61.7 Å². The van der Waals surface area contributed by atoms with E-state index in [4.69, 9.17) is 11.6 Å².